The van der Waals surface area contributed by atoms with E-state index in [-0.39, 0.29) is 11.4 Å². The normalized spacial score (nSPS) is 10.4. The summed E-state index contributed by atoms with van der Waals surface area (Å²) in [5.41, 5.74) is 2.67. The van der Waals surface area contributed by atoms with Crippen LogP contribution >= 0.6 is 0 Å². The molecule has 0 aliphatic rings. The molecule has 5 heteroatoms. The summed E-state index contributed by atoms with van der Waals surface area (Å²) in [6.07, 6.45) is 0. The number of ether oxygens (including phenoxy) is 1. The van der Waals surface area contributed by atoms with Gasteiger partial charge in [-0.25, -0.2) is 0 Å². The lowest BCUT2D eigenvalue weighted by Gasteiger charge is -2.12. The number of hydrogen-bond donors (Lipinski definition) is 1. The Morgan fingerprint density at radius 2 is 1.95 bits per heavy atom. The van der Waals surface area contributed by atoms with Gasteiger partial charge in [0.15, 0.2) is 0 Å². The maximum absolute atomic E-state index is 11.2. The zero-order valence-corrected chi connectivity index (χ0v) is 12.3. The van der Waals surface area contributed by atoms with E-state index in [0.29, 0.717) is 17.9 Å². The Morgan fingerprint density at radius 1 is 1.19 bits per heavy atom. The van der Waals surface area contributed by atoms with Crippen LogP contribution in [0.1, 0.15) is 16.7 Å². The Morgan fingerprint density at radius 3 is 2.62 bits per heavy atom. The van der Waals surface area contributed by atoms with Crippen molar-refractivity contribution in [1.82, 2.24) is 5.32 Å². The SMILES string of the molecule is CNCc1cc(C)ccc1Oc1cccc(C)c1[N+](=O)[O-]. The maximum atomic E-state index is 11.2. The van der Waals surface area contributed by atoms with E-state index in [1.807, 2.05) is 32.2 Å². The number of hydrogen-bond acceptors (Lipinski definition) is 4. The van der Waals surface area contributed by atoms with Crippen molar-refractivity contribution in [2.24, 2.45) is 0 Å². The van der Waals surface area contributed by atoms with Gasteiger partial charge < -0.3 is 10.1 Å². The van der Waals surface area contributed by atoms with E-state index in [2.05, 4.69) is 5.32 Å². The van der Waals surface area contributed by atoms with Crippen molar-refractivity contribution in [2.75, 3.05) is 7.05 Å². The van der Waals surface area contributed by atoms with E-state index >= 15 is 0 Å². The van der Waals surface area contributed by atoms with Crippen molar-refractivity contribution in [3.63, 3.8) is 0 Å². The first kappa shape index (κ1) is 15.0. The van der Waals surface area contributed by atoms with Gasteiger partial charge in [0.2, 0.25) is 5.75 Å². The fourth-order valence-corrected chi connectivity index (χ4v) is 2.20. The van der Waals surface area contributed by atoms with Crippen LogP contribution in [0.2, 0.25) is 0 Å². The Bertz CT molecular complexity index is 669. The molecule has 1 N–H and O–H groups in total. The summed E-state index contributed by atoms with van der Waals surface area (Å²) in [6.45, 7) is 4.34. The summed E-state index contributed by atoms with van der Waals surface area (Å²) in [5, 5.41) is 14.3. The van der Waals surface area contributed by atoms with Crippen LogP contribution in [-0.4, -0.2) is 12.0 Å². The molecule has 110 valence electrons. The summed E-state index contributed by atoms with van der Waals surface area (Å²) < 4.78 is 5.81. The molecule has 0 saturated carbocycles. The van der Waals surface area contributed by atoms with Crippen molar-refractivity contribution in [1.29, 1.82) is 0 Å². The van der Waals surface area contributed by atoms with Gasteiger partial charge in [0.25, 0.3) is 0 Å². The molecule has 0 aliphatic heterocycles. The average Bonchev–Trinajstić information content (AvgIpc) is 2.42. The fraction of sp³-hybridized carbons (Fsp3) is 0.250. The minimum atomic E-state index is -0.406. The van der Waals surface area contributed by atoms with Crippen molar-refractivity contribution in [3.05, 3.63) is 63.2 Å². The van der Waals surface area contributed by atoms with Crippen LogP contribution < -0.4 is 10.1 Å². The summed E-state index contributed by atoms with van der Waals surface area (Å²) >= 11 is 0. The number of para-hydroxylation sites is 1. The van der Waals surface area contributed by atoms with E-state index < -0.39 is 4.92 Å². The van der Waals surface area contributed by atoms with Crippen LogP contribution in [0.3, 0.4) is 0 Å². The number of nitro groups is 1. The maximum Gasteiger partial charge on any atom is 0.314 e. The smallest absolute Gasteiger partial charge is 0.314 e. The molecule has 0 saturated heterocycles. The molecule has 0 atom stereocenters. The molecule has 0 radical (unpaired) electrons. The highest BCUT2D eigenvalue weighted by Gasteiger charge is 2.19. The van der Waals surface area contributed by atoms with E-state index in [1.165, 1.54) is 0 Å². The predicted octanol–water partition coefficient (Wildman–Crippen LogP) is 3.72. The van der Waals surface area contributed by atoms with Crippen molar-refractivity contribution < 1.29 is 9.66 Å². The van der Waals surface area contributed by atoms with Crippen LogP contribution in [0.15, 0.2) is 36.4 Å². The van der Waals surface area contributed by atoms with Crippen LogP contribution in [0.25, 0.3) is 0 Å². The minimum Gasteiger partial charge on any atom is -0.450 e. The molecule has 0 aromatic heterocycles. The first-order valence-corrected chi connectivity index (χ1v) is 6.69. The summed E-state index contributed by atoms with van der Waals surface area (Å²) in [6, 6.07) is 10.9. The van der Waals surface area contributed by atoms with Gasteiger partial charge in [-0.05, 0) is 33.0 Å². The highest BCUT2D eigenvalue weighted by molar-refractivity contribution is 5.54. The molecule has 0 spiro atoms. The average molecular weight is 286 g/mol. The molecule has 0 heterocycles. The third-order valence-electron chi connectivity index (χ3n) is 3.19. The lowest BCUT2D eigenvalue weighted by atomic mass is 10.1. The second-order valence-electron chi connectivity index (χ2n) is 4.92. The van der Waals surface area contributed by atoms with Gasteiger partial charge >= 0.3 is 5.69 Å². The van der Waals surface area contributed by atoms with E-state index in [4.69, 9.17) is 4.74 Å². The number of aryl methyl sites for hydroxylation is 2. The molecule has 2 rings (SSSR count). The van der Waals surface area contributed by atoms with Crippen LogP contribution in [0.4, 0.5) is 5.69 Å². The summed E-state index contributed by atoms with van der Waals surface area (Å²) in [5.74, 6) is 0.893. The van der Waals surface area contributed by atoms with Gasteiger partial charge in [-0.2, -0.15) is 0 Å². The van der Waals surface area contributed by atoms with Crippen molar-refractivity contribution in [2.45, 2.75) is 20.4 Å². The lowest BCUT2D eigenvalue weighted by Crippen LogP contribution is -2.07. The van der Waals surface area contributed by atoms with E-state index in [0.717, 1.165) is 11.1 Å². The number of benzene rings is 2. The second-order valence-corrected chi connectivity index (χ2v) is 4.92. The summed E-state index contributed by atoms with van der Waals surface area (Å²) in [7, 11) is 1.85. The molecule has 2 aromatic rings. The monoisotopic (exact) mass is 286 g/mol. The Balaban J connectivity index is 2.43. The van der Waals surface area contributed by atoms with Gasteiger partial charge in [-0.1, -0.05) is 29.8 Å². The van der Waals surface area contributed by atoms with Gasteiger partial charge in [0.05, 0.1) is 4.92 Å². The third-order valence-corrected chi connectivity index (χ3v) is 3.19. The Kier molecular flexibility index (Phi) is 4.55. The topological polar surface area (TPSA) is 64.4 Å². The van der Waals surface area contributed by atoms with Gasteiger partial charge in [0.1, 0.15) is 5.75 Å². The molecule has 2 aromatic carbocycles. The largest absolute Gasteiger partial charge is 0.450 e. The minimum absolute atomic E-state index is 0.00785. The molecule has 5 nitrogen and oxygen atoms in total. The number of nitrogens with one attached hydrogen (secondary N) is 1. The Hall–Kier alpha value is -2.40. The van der Waals surface area contributed by atoms with Crippen LogP contribution in [0, 0.1) is 24.0 Å². The van der Waals surface area contributed by atoms with Crippen LogP contribution in [-0.2, 0) is 6.54 Å². The predicted molar refractivity (Wildman–Crippen MR) is 81.9 cm³/mol. The van der Waals surface area contributed by atoms with Gasteiger partial charge in [-0.3, -0.25) is 10.1 Å². The number of nitrogens with zero attached hydrogens (tertiary/aromatic N) is 1. The number of nitro benzene ring substituents is 1. The molecule has 0 unspecified atom stereocenters. The molecule has 0 fully saturated rings. The zero-order chi connectivity index (χ0) is 15.4. The van der Waals surface area contributed by atoms with Crippen molar-refractivity contribution >= 4 is 5.69 Å². The molecule has 0 aliphatic carbocycles. The molecule has 21 heavy (non-hydrogen) atoms. The highest BCUT2D eigenvalue weighted by Crippen LogP contribution is 2.35. The Labute approximate surface area is 123 Å². The van der Waals surface area contributed by atoms with E-state index in [1.54, 1.807) is 25.1 Å². The van der Waals surface area contributed by atoms with Gasteiger partial charge in [0, 0.05) is 17.7 Å². The number of rotatable bonds is 5. The molecule has 0 bridgehead atoms. The van der Waals surface area contributed by atoms with Gasteiger partial charge in [-0.15, -0.1) is 0 Å². The third kappa shape index (κ3) is 3.38. The first-order chi connectivity index (χ1) is 10.0. The highest BCUT2D eigenvalue weighted by atomic mass is 16.6. The molecule has 0 amide bonds. The zero-order valence-electron chi connectivity index (χ0n) is 12.3. The van der Waals surface area contributed by atoms with Crippen LogP contribution in [0.5, 0.6) is 11.5 Å². The van der Waals surface area contributed by atoms with E-state index in [9.17, 15) is 10.1 Å². The molecular weight excluding hydrogens is 268 g/mol. The lowest BCUT2D eigenvalue weighted by molar-refractivity contribution is -0.386. The molecular formula is C16H18N2O3. The summed E-state index contributed by atoms with van der Waals surface area (Å²) in [4.78, 5) is 10.8. The quantitative estimate of drug-likeness (QED) is 0.672. The fourth-order valence-electron chi connectivity index (χ4n) is 2.20. The standard InChI is InChI=1S/C16H18N2O3/c1-11-7-8-14(13(9-11)10-17-3)21-15-6-4-5-12(2)16(15)18(19)20/h4-9,17H,10H2,1-3H3. The first-order valence-electron chi connectivity index (χ1n) is 6.69. The van der Waals surface area contributed by atoms with Crippen molar-refractivity contribution in [3.8, 4) is 11.5 Å². The second kappa shape index (κ2) is 6.37.